The highest BCUT2D eigenvalue weighted by Crippen LogP contribution is 2.36. The summed E-state index contributed by atoms with van der Waals surface area (Å²) in [6.07, 6.45) is 1.09. The van der Waals surface area contributed by atoms with Crippen LogP contribution in [0.3, 0.4) is 0 Å². The highest BCUT2D eigenvalue weighted by molar-refractivity contribution is 5.82. The minimum Gasteiger partial charge on any atom is -0.491 e. The molecule has 2 aliphatic rings. The largest absolute Gasteiger partial charge is 0.491 e. The Morgan fingerprint density at radius 2 is 2.13 bits per heavy atom. The number of carbonyl (C=O) groups excluding carboxylic acids is 2. The number of amides is 2. The fraction of sp³-hybridized carbons (Fsp3) is 0.636. The Morgan fingerprint density at radius 3 is 2.77 bits per heavy atom. The Labute approximate surface area is 183 Å². The van der Waals surface area contributed by atoms with E-state index in [0.717, 1.165) is 30.5 Å². The number of nitrogens with one attached hydrogen (secondary N) is 2. The van der Waals surface area contributed by atoms with E-state index in [4.69, 9.17) is 14.2 Å². The van der Waals surface area contributed by atoms with Crippen molar-refractivity contribution in [3.8, 4) is 5.75 Å². The topological polar surface area (TPSA) is 98.4 Å². The number of hydrogen-bond acceptors (Lipinski definition) is 7. The molecule has 1 aliphatic carbocycles. The monoisotopic (exact) mass is 435 g/mol. The normalized spacial score (nSPS) is 19.4. The molecule has 172 valence electrons. The molecule has 1 saturated heterocycles. The van der Waals surface area contributed by atoms with Crippen molar-refractivity contribution < 1.29 is 28.5 Å². The molecule has 9 nitrogen and oxygen atoms in total. The van der Waals surface area contributed by atoms with Gasteiger partial charge < -0.3 is 34.5 Å². The van der Waals surface area contributed by atoms with Crippen molar-refractivity contribution >= 4 is 12.0 Å². The van der Waals surface area contributed by atoms with E-state index in [1.54, 1.807) is 7.11 Å². The predicted octanol–water partition coefficient (Wildman–Crippen LogP) is 1.61. The minimum absolute atomic E-state index is 0.0351. The van der Waals surface area contributed by atoms with Gasteiger partial charge in [-0.1, -0.05) is 12.1 Å². The maximum Gasteiger partial charge on any atom is 0.406 e. The van der Waals surface area contributed by atoms with Crippen LogP contribution in [0.1, 0.15) is 36.9 Å². The summed E-state index contributed by atoms with van der Waals surface area (Å²) in [7, 11) is 2.95. The molecular weight excluding hydrogens is 402 g/mol. The van der Waals surface area contributed by atoms with Crippen LogP contribution < -0.4 is 15.4 Å². The molecule has 0 aromatic heterocycles. The summed E-state index contributed by atoms with van der Waals surface area (Å²) in [4.78, 5) is 26.4. The van der Waals surface area contributed by atoms with Gasteiger partial charge in [0.1, 0.15) is 18.5 Å². The van der Waals surface area contributed by atoms with E-state index < -0.39 is 12.2 Å². The third-order valence-corrected chi connectivity index (χ3v) is 5.50. The Balaban J connectivity index is 1.72. The summed E-state index contributed by atoms with van der Waals surface area (Å²) >= 11 is 0. The summed E-state index contributed by atoms with van der Waals surface area (Å²) in [6, 6.07) is 6.08. The summed E-state index contributed by atoms with van der Waals surface area (Å²) < 4.78 is 21.5. The van der Waals surface area contributed by atoms with E-state index in [1.165, 1.54) is 7.11 Å². The van der Waals surface area contributed by atoms with Crippen molar-refractivity contribution in [2.24, 2.45) is 0 Å². The number of nitrogens with zero attached hydrogens (tertiary/aromatic N) is 1. The van der Waals surface area contributed by atoms with Crippen LogP contribution in [0.4, 0.5) is 4.79 Å². The molecule has 0 radical (unpaired) electrons. The van der Waals surface area contributed by atoms with Crippen molar-refractivity contribution in [2.75, 3.05) is 47.1 Å². The predicted molar refractivity (Wildman–Crippen MR) is 114 cm³/mol. The zero-order valence-electron chi connectivity index (χ0n) is 18.5. The molecule has 3 rings (SSSR count). The first kappa shape index (κ1) is 23.3. The molecule has 2 fully saturated rings. The van der Waals surface area contributed by atoms with E-state index in [-0.39, 0.29) is 24.6 Å². The van der Waals surface area contributed by atoms with Gasteiger partial charge in [0.15, 0.2) is 0 Å². The molecule has 0 spiro atoms. The summed E-state index contributed by atoms with van der Waals surface area (Å²) in [5.41, 5.74) is 1.89. The van der Waals surface area contributed by atoms with Crippen LogP contribution in [0.2, 0.25) is 0 Å². The molecule has 31 heavy (non-hydrogen) atoms. The van der Waals surface area contributed by atoms with Crippen molar-refractivity contribution in [1.82, 2.24) is 15.5 Å². The highest BCUT2D eigenvalue weighted by atomic mass is 16.5. The third kappa shape index (κ3) is 6.32. The average Bonchev–Trinajstić information content (AvgIpc) is 3.63. The number of hydrogen-bond donors (Lipinski definition) is 2. The lowest BCUT2D eigenvalue weighted by Crippen LogP contribution is -2.50. The second-order valence-electron chi connectivity index (χ2n) is 7.78. The van der Waals surface area contributed by atoms with Crippen molar-refractivity contribution in [3.63, 3.8) is 0 Å². The van der Waals surface area contributed by atoms with Crippen LogP contribution >= 0.6 is 0 Å². The van der Waals surface area contributed by atoms with Crippen LogP contribution in [-0.2, 0) is 25.6 Å². The fourth-order valence-electron chi connectivity index (χ4n) is 3.72. The van der Waals surface area contributed by atoms with E-state index in [1.807, 2.05) is 30.0 Å². The van der Waals surface area contributed by atoms with Crippen molar-refractivity contribution in [3.05, 3.63) is 29.3 Å². The molecule has 1 saturated carbocycles. The molecule has 9 heteroatoms. The first-order valence-electron chi connectivity index (χ1n) is 10.8. The number of rotatable bonds is 10. The number of morpholine rings is 1. The van der Waals surface area contributed by atoms with Gasteiger partial charge >= 0.3 is 6.09 Å². The lowest BCUT2D eigenvalue weighted by molar-refractivity contribution is -0.148. The lowest BCUT2D eigenvalue weighted by Gasteiger charge is -2.34. The number of benzene rings is 1. The van der Waals surface area contributed by atoms with Gasteiger partial charge in [0.2, 0.25) is 0 Å². The highest BCUT2D eigenvalue weighted by Gasteiger charge is 2.40. The molecular formula is C22H33N3O6. The number of ether oxygens (including phenoxy) is 4. The van der Waals surface area contributed by atoms with Gasteiger partial charge in [0, 0.05) is 31.8 Å². The zero-order valence-corrected chi connectivity index (χ0v) is 18.5. The second-order valence-corrected chi connectivity index (χ2v) is 7.78. The molecule has 2 atom stereocenters. The van der Waals surface area contributed by atoms with E-state index in [0.29, 0.717) is 32.1 Å². The Bertz CT molecular complexity index is 749. The van der Waals surface area contributed by atoms with E-state index in [2.05, 4.69) is 15.4 Å². The standard InChI is InChI=1S/C22H33N3O6/c1-15(25(18-6-7-18)21(26)20-13-23-8-10-31-20)16-4-5-17(14-28-2)19(12-16)30-11-9-24-22(27)29-3/h4-5,12,15,18,20,23H,6-11,13-14H2,1-3H3,(H,24,27)/t15-,20-/m1/s1. The molecule has 0 unspecified atom stereocenters. The first-order valence-corrected chi connectivity index (χ1v) is 10.8. The SMILES string of the molecule is COCc1ccc([C@@H](C)N(C(=O)[C@H]2CNCCO2)C2CC2)cc1OCCNC(=O)OC. The molecule has 2 amide bonds. The smallest absolute Gasteiger partial charge is 0.406 e. The Hall–Kier alpha value is -2.36. The third-order valence-electron chi connectivity index (χ3n) is 5.50. The maximum absolute atomic E-state index is 13.2. The van der Waals surface area contributed by atoms with Crippen molar-refractivity contribution in [2.45, 2.75) is 44.6 Å². The quantitative estimate of drug-likeness (QED) is 0.539. The average molecular weight is 436 g/mol. The Morgan fingerprint density at radius 1 is 1.32 bits per heavy atom. The van der Waals surface area contributed by atoms with Gasteiger partial charge in [-0.25, -0.2) is 4.79 Å². The van der Waals surface area contributed by atoms with E-state index in [9.17, 15) is 9.59 Å². The molecule has 1 heterocycles. The minimum atomic E-state index is -0.499. The zero-order chi connectivity index (χ0) is 22.2. The van der Waals surface area contributed by atoms with Gasteiger partial charge in [-0.3, -0.25) is 4.79 Å². The molecule has 0 bridgehead atoms. The van der Waals surface area contributed by atoms with Crippen molar-refractivity contribution in [1.29, 1.82) is 0 Å². The van der Waals surface area contributed by atoms with Crippen LogP contribution in [0.5, 0.6) is 5.75 Å². The number of carbonyl (C=O) groups is 2. The summed E-state index contributed by atoms with van der Waals surface area (Å²) in [5, 5.41) is 5.83. The van der Waals surface area contributed by atoms with Crippen LogP contribution in [0.25, 0.3) is 0 Å². The second kappa shape index (κ2) is 11.3. The van der Waals surface area contributed by atoms with Gasteiger partial charge in [0.25, 0.3) is 5.91 Å². The van der Waals surface area contributed by atoms with Gasteiger partial charge in [0.05, 0.1) is 32.9 Å². The van der Waals surface area contributed by atoms with Gasteiger partial charge in [-0.2, -0.15) is 0 Å². The fourth-order valence-corrected chi connectivity index (χ4v) is 3.72. The number of alkyl carbamates (subject to hydrolysis) is 1. The lowest BCUT2D eigenvalue weighted by atomic mass is 10.0. The molecule has 2 N–H and O–H groups in total. The Kier molecular flexibility index (Phi) is 8.51. The summed E-state index contributed by atoms with van der Waals surface area (Å²) in [6.45, 7) is 4.92. The number of methoxy groups -OCH3 is 2. The van der Waals surface area contributed by atoms with Crippen LogP contribution in [0, 0.1) is 0 Å². The van der Waals surface area contributed by atoms with E-state index >= 15 is 0 Å². The van der Waals surface area contributed by atoms with Crippen LogP contribution in [-0.4, -0.2) is 76.1 Å². The first-order chi connectivity index (χ1) is 15.0. The molecule has 1 aromatic carbocycles. The van der Waals surface area contributed by atoms with Gasteiger partial charge in [-0.05, 0) is 31.4 Å². The molecule has 1 aromatic rings. The van der Waals surface area contributed by atoms with Crippen LogP contribution in [0.15, 0.2) is 18.2 Å². The maximum atomic E-state index is 13.2. The molecule has 1 aliphatic heterocycles. The summed E-state index contributed by atoms with van der Waals surface area (Å²) in [5.74, 6) is 0.713. The van der Waals surface area contributed by atoms with Gasteiger partial charge in [-0.15, -0.1) is 0 Å².